The predicted octanol–water partition coefficient (Wildman–Crippen LogP) is 6.44. The van der Waals surface area contributed by atoms with Crippen LogP contribution in [0.5, 0.6) is 0 Å². The first-order valence-electron chi connectivity index (χ1n) is 25.1. The largest absolute Gasteiger partial charge is 0.515 e. The monoisotopic (exact) mass is 1170 g/mol. The van der Waals surface area contributed by atoms with Crippen LogP contribution in [0.25, 0.3) is 0 Å². The number of hydrogen-bond acceptors (Lipinski definition) is 14. The Morgan fingerprint density at radius 1 is 0.387 bits per heavy atom. The summed E-state index contributed by atoms with van der Waals surface area (Å²) in [6.45, 7) is 12.6. The molecule has 75 heavy (non-hydrogen) atoms. The van der Waals surface area contributed by atoms with Crippen LogP contribution in [-0.4, -0.2) is 85.9 Å². The lowest BCUT2D eigenvalue weighted by molar-refractivity contribution is 0.0541. The summed E-state index contributed by atoms with van der Waals surface area (Å²) in [5.74, 6) is 0. The maximum Gasteiger partial charge on any atom is 0.515 e. The molecule has 7 atom stereocenters. The molecular weight excluding hydrogens is 1110 g/mol. The fraction of sp³-hybridized carbons (Fsp3) is 0.235. The smallest absolute Gasteiger partial charge is 0.419 e. The van der Waals surface area contributed by atoms with E-state index in [1.54, 1.807) is 0 Å². The Labute approximate surface area is 452 Å². The number of nitriles is 3. The summed E-state index contributed by atoms with van der Waals surface area (Å²) in [4.78, 5) is 0. The van der Waals surface area contributed by atoms with Gasteiger partial charge in [0, 0.05) is 45.2 Å². The van der Waals surface area contributed by atoms with E-state index in [9.17, 15) is 15.8 Å². The molecule has 9 rings (SSSR count). The van der Waals surface area contributed by atoms with Crippen molar-refractivity contribution < 1.29 is 45.3 Å². The van der Waals surface area contributed by atoms with Crippen molar-refractivity contribution in [2.45, 2.75) is 76.7 Å². The maximum absolute atomic E-state index is 10.5. The van der Waals surface area contributed by atoms with E-state index in [2.05, 4.69) is 44.4 Å². The lowest BCUT2D eigenvalue weighted by Crippen LogP contribution is -2.91. The summed E-state index contributed by atoms with van der Waals surface area (Å²) in [5, 5.41) is 34.2. The Morgan fingerprint density at radius 2 is 0.707 bits per heavy atom. The molecular formula is C51H61N3O11Si10. The SMILES string of the molecule is C[Si](C)(CCC#N)O[SiH]1O[Si]2(c3ccccc3)O[Si](O[Si](C)(C)CCC#N)(c3ccccc3)O[Si]3(c4ccccc4)O[Si](c4ccccc4)(O2)O[Si](c2ccccc2)(O1)O[Si](c1ccccc1)([Si](C)(C)CCC#N)O3. The van der Waals surface area contributed by atoms with Crippen LogP contribution in [0.3, 0.4) is 0 Å². The van der Waals surface area contributed by atoms with Gasteiger partial charge in [-0.3, -0.25) is 0 Å². The highest BCUT2D eigenvalue weighted by molar-refractivity contribution is 7.44. The minimum absolute atomic E-state index is 0.212. The molecule has 386 valence electrons. The molecule has 6 aromatic carbocycles. The highest BCUT2D eigenvalue weighted by atomic mass is 29.3. The first kappa shape index (κ1) is 55.3. The first-order chi connectivity index (χ1) is 36.0. The standard InChI is InChI=1S/C51H61N3O11Si10/c1-67(2,43-25-40-52)55-66-56-70(46-28-13-7-14-29-46)59-72(48-32-17-9-18-33-48,58-68(3,4)44-26-41-53)62-74(50-36-21-11-22-37-50)63-73(60-70,49-34-19-10-20-35-49)61-71(57-66,47-30-15-8-16-31-47)64-75(65-74,51-38-23-12-24-39-51)69(5,6)45-27-42-54/h7-24,28-39,66H,25-27,43-45H2,1-6H3. The summed E-state index contributed by atoms with van der Waals surface area (Å²) >= 11 is 0. The van der Waals surface area contributed by atoms with Gasteiger partial charge in [-0.1, -0.05) is 195 Å². The molecule has 6 aromatic rings. The van der Waals surface area contributed by atoms with Gasteiger partial charge in [-0.2, -0.15) is 15.8 Å². The average molecular weight is 1170 g/mol. The van der Waals surface area contributed by atoms with Crippen molar-refractivity contribution in [2.24, 2.45) is 0 Å². The van der Waals surface area contributed by atoms with Gasteiger partial charge < -0.3 is 45.3 Å². The zero-order valence-electron chi connectivity index (χ0n) is 43.0. The first-order valence-corrected chi connectivity index (χ1v) is 47.4. The molecule has 24 heteroatoms. The second kappa shape index (κ2) is 22.5. The molecule has 0 N–H and O–H groups in total. The Bertz CT molecular complexity index is 3030. The zero-order valence-corrected chi connectivity index (χ0v) is 53.1. The number of fused-ring (bicyclic) bond motifs is 3. The molecule has 7 unspecified atom stereocenters. The molecule has 3 fully saturated rings. The van der Waals surface area contributed by atoms with Gasteiger partial charge in [0.2, 0.25) is 0 Å². The molecule has 0 radical (unpaired) electrons. The van der Waals surface area contributed by atoms with E-state index in [1.165, 1.54) is 0 Å². The fourth-order valence-corrected chi connectivity index (χ4v) is 67.2. The van der Waals surface area contributed by atoms with Gasteiger partial charge in [-0.25, -0.2) is 0 Å². The Balaban J connectivity index is 1.51. The van der Waals surface area contributed by atoms with Crippen LogP contribution in [0.1, 0.15) is 19.3 Å². The van der Waals surface area contributed by atoms with Gasteiger partial charge in [-0.15, -0.1) is 0 Å². The van der Waals surface area contributed by atoms with E-state index in [4.69, 9.17) is 45.3 Å². The number of nitrogens with zero attached hydrogens (tertiary/aromatic N) is 3. The molecule has 0 amide bonds. The molecule has 3 saturated heterocycles. The lowest BCUT2D eigenvalue weighted by atomic mass is 10.4. The van der Waals surface area contributed by atoms with Gasteiger partial charge in [0.05, 0.1) is 18.2 Å². The molecule has 0 aliphatic carbocycles. The highest BCUT2D eigenvalue weighted by Gasteiger charge is 2.80. The molecule has 0 aromatic heterocycles. The van der Waals surface area contributed by atoms with Gasteiger partial charge in [0.25, 0.3) is 0 Å². The minimum atomic E-state index is -4.87. The lowest BCUT2D eigenvalue weighted by Gasteiger charge is -2.59. The van der Waals surface area contributed by atoms with Gasteiger partial charge in [0.15, 0.2) is 16.6 Å². The van der Waals surface area contributed by atoms with E-state index in [-0.39, 0.29) is 19.3 Å². The number of rotatable bonds is 17. The van der Waals surface area contributed by atoms with Crippen molar-refractivity contribution in [3.05, 3.63) is 182 Å². The normalized spacial score (nSPS) is 28.0. The molecule has 3 aliphatic heterocycles. The third-order valence-electron chi connectivity index (χ3n) is 13.4. The van der Waals surface area contributed by atoms with Gasteiger partial charge >= 0.3 is 61.6 Å². The van der Waals surface area contributed by atoms with E-state index in [0.717, 1.165) is 5.19 Å². The predicted molar refractivity (Wildman–Crippen MR) is 308 cm³/mol. The van der Waals surface area contributed by atoms with Crippen LogP contribution in [0.15, 0.2) is 182 Å². The summed E-state index contributed by atoms with van der Waals surface area (Å²) in [6, 6.07) is 66.5. The maximum atomic E-state index is 10.5. The van der Waals surface area contributed by atoms with Crippen LogP contribution in [0.2, 0.25) is 57.4 Å². The Morgan fingerprint density at radius 3 is 1.15 bits per heavy atom. The van der Waals surface area contributed by atoms with Crippen molar-refractivity contribution >= 4 is 117 Å². The molecule has 4 bridgehead atoms. The highest BCUT2D eigenvalue weighted by Crippen LogP contribution is 2.45. The zero-order chi connectivity index (χ0) is 52.9. The molecule has 0 saturated carbocycles. The van der Waals surface area contributed by atoms with E-state index < -0.39 is 85.9 Å². The Hall–Kier alpha value is -4.48. The fourth-order valence-electron chi connectivity index (χ4n) is 9.47. The molecule has 3 heterocycles. The van der Waals surface area contributed by atoms with Gasteiger partial charge in [0.1, 0.15) is 7.59 Å². The third-order valence-corrected chi connectivity index (χ3v) is 60.6. The molecule has 3 aliphatic rings. The Kier molecular flexibility index (Phi) is 16.6. The minimum Gasteiger partial charge on any atom is -0.419 e. The topological polar surface area (TPSA) is 173 Å². The second-order valence-corrected chi connectivity index (χ2v) is 59.0. The molecule has 0 spiro atoms. The van der Waals surface area contributed by atoms with Crippen molar-refractivity contribution in [3.63, 3.8) is 0 Å². The molecule has 14 nitrogen and oxygen atoms in total. The second-order valence-electron chi connectivity index (χ2n) is 20.4. The summed E-state index contributed by atoms with van der Waals surface area (Å²) in [5.41, 5.74) is 0. The number of hydrogen-bond donors (Lipinski definition) is 0. The van der Waals surface area contributed by atoms with E-state index in [0.29, 0.717) is 44.1 Å². The van der Waals surface area contributed by atoms with E-state index >= 15 is 0 Å². The van der Waals surface area contributed by atoms with Crippen molar-refractivity contribution in [1.29, 1.82) is 15.8 Å². The van der Waals surface area contributed by atoms with Crippen LogP contribution < -0.4 is 31.1 Å². The average Bonchev–Trinajstić information content (AvgIpc) is 3.41. The summed E-state index contributed by atoms with van der Waals surface area (Å²) in [7, 11) is -41.3. The van der Waals surface area contributed by atoms with Crippen LogP contribution >= 0.6 is 0 Å². The summed E-state index contributed by atoms with van der Waals surface area (Å²) < 4.78 is 89.3. The van der Waals surface area contributed by atoms with Crippen molar-refractivity contribution in [3.8, 4) is 18.2 Å². The summed E-state index contributed by atoms with van der Waals surface area (Å²) in [6.07, 6.45) is 0.682. The van der Waals surface area contributed by atoms with Crippen LogP contribution in [-0.2, 0) is 45.3 Å². The quantitative estimate of drug-likeness (QED) is 0.0913. The number of benzene rings is 6. The van der Waals surface area contributed by atoms with Crippen molar-refractivity contribution in [2.75, 3.05) is 0 Å². The van der Waals surface area contributed by atoms with Crippen molar-refractivity contribution in [1.82, 2.24) is 0 Å². The van der Waals surface area contributed by atoms with Crippen LogP contribution in [0.4, 0.5) is 0 Å². The third kappa shape index (κ3) is 11.4. The van der Waals surface area contributed by atoms with Crippen LogP contribution in [0, 0.1) is 34.0 Å². The van der Waals surface area contributed by atoms with Gasteiger partial charge in [-0.05, 0) is 49.5 Å². The van der Waals surface area contributed by atoms with E-state index in [1.807, 2.05) is 195 Å².